The van der Waals surface area contributed by atoms with Crippen molar-refractivity contribution < 1.29 is 9.59 Å². The van der Waals surface area contributed by atoms with Gasteiger partial charge in [-0.15, -0.1) is 0 Å². The van der Waals surface area contributed by atoms with Gasteiger partial charge in [0.05, 0.1) is 0 Å². The third-order valence-corrected chi connectivity index (χ3v) is 2.25. The summed E-state index contributed by atoms with van der Waals surface area (Å²) in [6, 6.07) is -0.531. The van der Waals surface area contributed by atoms with E-state index in [9.17, 15) is 9.59 Å². The number of urea groups is 1. The predicted octanol–water partition coefficient (Wildman–Crippen LogP) is -1.90. The van der Waals surface area contributed by atoms with Crippen molar-refractivity contribution in [2.45, 2.75) is 25.2 Å². The first-order valence-electron chi connectivity index (χ1n) is 4.27. The van der Waals surface area contributed by atoms with E-state index < -0.39 is 6.03 Å². The molecule has 3 amide bonds. The molecule has 0 aromatic rings. The Bertz CT molecular complexity index is 255. The first-order valence-corrected chi connectivity index (χ1v) is 4.27. The topological polar surface area (TPSA) is 82.3 Å². The third-order valence-electron chi connectivity index (χ3n) is 2.25. The Kier molecular flexibility index (Phi) is 1.93. The summed E-state index contributed by atoms with van der Waals surface area (Å²) < 4.78 is 0. The summed E-state index contributed by atoms with van der Waals surface area (Å²) in [6.45, 7) is 2.71. The van der Waals surface area contributed by atoms with Crippen LogP contribution in [0, 0.1) is 0 Å². The molecule has 2 rings (SSSR count). The van der Waals surface area contributed by atoms with Crippen molar-refractivity contribution in [1.29, 1.82) is 0 Å². The summed E-state index contributed by atoms with van der Waals surface area (Å²) in [5, 5.41) is 11.0. The fraction of sp³-hybridized carbons (Fsp3) is 0.714. The summed E-state index contributed by atoms with van der Waals surface area (Å²) in [4.78, 5) is 22.2. The second-order valence-corrected chi connectivity index (χ2v) is 3.39. The van der Waals surface area contributed by atoms with Crippen LogP contribution in [0.1, 0.15) is 6.92 Å². The van der Waals surface area contributed by atoms with Crippen LogP contribution in [0.5, 0.6) is 0 Å². The maximum atomic E-state index is 11.3. The Morgan fingerprint density at radius 2 is 2.15 bits per heavy atom. The number of carbonyl (C=O) groups is 2. The molecular weight excluding hydrogens is 172 g/mol. The van der Waals surface area contributed by atoms with E-state index in [1.54, 1.807) is 0 Å². The standard InChI is InChI=1S/C7H12N4O2/c1-3-2-8-4-5(9-3)10-7(13)11-6(4)12/h3-5,8-9H,2H2,1H3,(H2,10,11,12,13)/t3-,4+,5-/m0/s1. The van der Waals surface area contributed by atoms with Gasteiger partial charge in [0.25, 0.3) is 0 Å². The number of carbonyl (C=O) groups excluding carboxylic acids is 2. The highest BCUT2D eigenvalue weighted by Gasteiger charge is 2.38. The SMILES string of the molecule is C[C@H]1CN[C@H]2C(=O)NC(=O)N[C@@H]2N1. The molecule has 13 heavy (non-hydrogen) atoms. The number of nitrogens with one attached hydrogen (secondary N) is 4. The summed E-state index contributed by atoms with van der Waals surface area (Å²) in [5.41, 5.74) is 0. The lowest BCUT2D eigenvalue weighted by molar-refractivity contribution is -0.124. The van der Waals surface area contributed by atoms with E-state index in [0.717, 1.165) is 6.54 Å². The van der Waals surface area contributed by atoms with Gasteiger partial charge in [-0.2, -0.15) is 0 Å². The summed E-state index contributed by atoms with van der Waals surface area (Å²) in [6.07, 6.45) is -0.287. The normalized spacial score (nSPS) is 39.0. The van der Waals surface area contributed by atoms with Gasteiger partial charge in [0.2, 0.25) is 5.91 Å². The Morgan fingerprint density at radius 3 is 2.92 bits per heavy atom. The van der Waals surface area contributed by atoms with Crippen molar-refractivity contribution >= 4 is 11.9 Å². The molecule has 2 aliphatic heterocycles. The minimum atomic E-state index is -0.436. The van der Waals surface area contributed by atoms with Crippen LogP contribution < -0.4 is 21.3 Å². The number of amides is 3. The second-order valence-electron chi connectivity index (χ2n) is 3.39. The Labute approximate surface area is 75.4 Å². The molecule has 3 atom stereocenters. The zero-order valence-electron chi connectivity index (χ0n) is 7.26. The average Bonchev–Trinajstić information content (AvgIpc) is 2.02. The quantitative estimate of drug-likeness (QED) is 0.354. The number of hydrogen-bond donors (Lipinski definition) is 4. The van der Waals surface area contributed by atoms with Gasteiger partial charge in [-0.25, -0.2) is 4.79 Å². The van der Waals surface area contributed by atoms with E-state index in [1.807, 2.05) is 6.92 Å². The van der Waals surface area contributed by atoms with Gasteiger partial charge < -0.3 is 10.6 Å². The summed E-state index contributed by atoms with van der Waals surface area (Å²) in [5.74, 6) is -0.270. The molecule has 72 valence electrons. The molecular formula is C7H12N4O2. The zero-order valence-corrected chi connectivity index (χ0v) is 7.26. The van der Waals surface area contributed by atoms with Gasteiger partial charge in [-0.3, -0.25) is 15.4 Å². The molecule has 0 radical (unpaired) electrons. The minimum absolute atomic E-state index is 0.257. The van der Waals surface area contributed by atoms with Gasteiger partial charge in [-0.05, 0) is 6.92 Å². The van der Waals surface area contributed by atoms with Gasteiger partial charge in [0.15, 0.2) is 0 Å². The van der Waals surface area contributed by atoms with Crippen LogP contribution in [0.15, 0.2) is 0 Å². The molecule has 2 aliphatic rings. The molecule has 0 bridgehead atoms. The molecule has 0 spiro atoms. The van der Waals surface area contributed by atoms with Crippen LogP contribution >= 0.6 is 0 Å². The fourth-order valence-corrected chi connectivity index (χ4v) is 1.62. The Morgan fingerprint density at radius 1 is 1.38 bits per heavy atom. The van der Waals surface area contributed by atoms with Crippen LogP contribution in [0.25, 0.3) is 0 Å². The van der Waals surface area contributed by atoms with E-state index in [1.165, 1.54) is 0 Å². The largest absolute Gasteiger partial charge is 0.322 e. The molecule has 0 unspecified atom stereocenters. The lowest BCUT2D eigenvalue weighted by Crippen LogP contribution is -2.74. The Balaban J connectivity index is 2.10. The monoisotopic (exact) mass is 184 g/mol. The van der Waals surface area contributed by atoms with E-state index in [-0.39, 0.29) is 24.2 Å². The van der Waals surface area contributed by atoms with Crippen molar-refractivity contribution in [1.82, 2.24) is 21.3 Å². The second kappa shape index (κ2) is 2.97. The summed E-state index contributed by atoms with van der Waals surface area (Å²) >= 11 is 0. The molecule has 2 heterocycles. The minimum Gasteiger partial charge on any atom is -0.320 e. The smallest absolute Gasteiger partial charge is 0.320 e. The molecule has 0 aliphatic carbocycles. The molecule has 2 saturated heterocycles. The molecule has 0 aromatic carbocycles. The highest BCUT2D eigenvalue weighted by Crippen LogP contribution is 2.03. The maximum Gasteiger partial charge on any atom is 0.322 e. The van der Waals surface area contributed by atoms with Crippen molar-refractivity contribution in [3.63, 3.8) is 0 Å². The van der Waals surface area contributed by atoms with Gasteiger partial charge in [0, 0.05) is 12.6 Å². The number of hydrogen-bond acceptors (Lipinski definition) is 4. The van der Waals surface area contributed by atoms with Crippen LogP contribution in [-0.4, -0.2) is 36.7 Å². The van der Waals surface area contributed by atoms with Crippen molar-refractivity contribution in [3.8, 4) is 0 Å². The van der Waals surface area contributed by atoms with E-state index in [2.05, 4.69) is 21.3 Å². The first kappa shape index (κ1) is 8.46. The highest BCUT2D eigenvalue weighted by molar-refractivity contribution is 6.00. The van der Waals surface area contributed by atoms with Crippen molar-refractivity contribution in [3.05, 3.63) is 0 Å². The molecule has 4 N–H and O–H groups in total. The van der Waals surface area contributed by atoms with Crippen LogP contribution in [0.3, 0.4) is 0 Å². The molecule has 0 aromatic heterocycles. The predicted molar refractivity (Wildman–Crippen MR) is 44.9 cm³/mol. The van der Waals surface area contributed by atoms with Crippen LogP contribution in [0.2, 0.25) is 0 Å². The summed E-state index contributed by atoms with van der Waals surface area (Å²) in [7, 11) is 0. The van der Waals surface area contributed by atoms with Crippen LogP contribution in [0.4, 0.5) is 4.79 Å². The number of piperazine rings is 1. The van der Waals surface area contributed by atoms with Crippen LogP contribution in [-0.2, 0) is 4.79 Å². The number of fused-ring (bicyclic) bond motifs is 1. The Hall–Kier alpha value is -1.14. The lowest BCUT2D eigenvalue weighted by Gasteiger charge is -2.39. The van der Waals surface area contributed by atoms with Crippen molar-refractivity contribution in [2.75, 3.05) is 6.54 Å². The van der Waals surface area contributed by atoms with Crippen molar-refractivity contribution in [2.24, 2.45) is 0 Å². The number of rotatable bonds is 0. The first-order chi connectivity index (χ1) is 6.16. The van der Waals surface area contributed by atoms with E-state index >= 15 is 0 Å². The number of imide groups is 1. The molecule has 0 saturated carbocycles. The van der Waals surface area contributed by atoms with Gasteiger partial charge >= 0.3 is 6.03 Å². The molecule has 2 fully saturated rings. The fourth-order valence-electron chi connectivity index (χ4n) is 1.62. The lowest BCUT2D eigenvalue weighted by atomic mass is 10.1. The van der Waals surface area contributed by atoms with E-state index in [4.69, 9.17) is 0 Å². The van der Waals surface area contributed by atoms with E-state index in [0.29, 0.717) is 0 Å². The van der Waals surface area contributed by atoms with Gasteiger partial charge in [-0.1, -0.05) is 0 Å². The van der Waals surface area contributed by atoms with Gasteiger partial charge in [0.1, 0.15) is 12.2 Å². The average molecular weight is 184 g/mol. The highest BCUT2D eigenvalue weighted by atomic mass is 16.2. The third kappa shape index (κ3) is 1.50. The maximum absolute atomic E-state index is 11.3. The molecule has 6 nitrogen and oxygen atoms in total. The molecule has 6 heteroatoms. The zero-order chi connectivity index (χ0) is 9.42.